The molecule has 0 fully saturated rings. The van der Waals surface area contributed by atoms with E-state index in [4.69, 9.17) is 0 Å². The minimum atomic E-state index is -0.681. The van der Waals surface area contributed by atoms with Crippen LogP contribution in [0, 0.1) is 0 Å². The average molecular weight is 320 g/mol. The molecule has 2 N–H and O–H groups in total. The molecule has 0 saturated heterocycles. The van der Waals surface area contributed by atoms with E-state index in [1.54, 1.807) is 19.2 Å². The van der Waals surface area contributed by atoms with Crippen LogP contribution < -0.4 is 10.6 Å². The number of benzene rings is 1. The highest BCUT2D eigenvalue weighted by Gasteiger charge is 2.12. The van der Waals surface area contributed by atoms with E-state index >= 15 is 0 Å². The van der Waals surface area contributed by atoms with Crippen LogP contribution in [0.1, 0.15) is 12.0 Å². The van der Waals surface area contributed by atoms with Crippen molar-refractivity contribution in [2.24, 2.45) is 0 Å². The zero-order valence-corrected chi connectivity index (χ0v) is 13.3. The summed E-state index contributed by atoms with van der Waals surface area (Å²) in [6.45, 7) is 0. The molecule has 0 spiro atoms. The average Bonchev–Trinajstić information content (AvgIpc) is 2.59. The Morgan fingerprint density at radius 2 is 1.74 bits per heavy atom. The topological polar surface area (TPSA) is 93.7 Å². The molecule has 0 saturated carbocycles. The lowest BCUT2D eigenvalue weighted by Crippen LogP contribution is -2.18. The molecule has 23 heavy (non-hydrogen) atoms. The Balaban J connectivity index is 2.77. The molecule has 0 unspecified atom stereocenters. The highest BCUT2D eigenvalue weighted by molar-refractivity contribution is 5.98. The van der Waals surface area contributed by atoms with Gasteiger partial charge in [-0.1, -0.05) is 12.1 Å². The van der Waals surface area contributed by atoms with Crippen molar-refractivity contribution in [1.82, 2.24) is 5.32 Å². The molecule has 0 aliphatic heterocycles. The molecule has 1 aromatic carbocycles. The zero-order valence-electron chi connectivity index (χ0n) is 13.3. The number of hydrogen-bond acceptors (Lipinski definition) is 6. The summed E-state index contributed by atoms with van der Waals surface area (Å²) < 4.78 is 9.11. The van der Waals surface area contributed by atoms with Gasteiger partial charge in [-0.25, -0.2) is 9.59 Å². The molecule has 0 atom stereocenters. The molecule has 0 radical (unpaired) electrons. The molecule has 0 aliphatic carbocycles. The smallest absolute Gasteiger partial charge is 0.354 e. The Hall–Kier alpha value is -2.83. The second kappa shape index (κ2) is 9.24. The summed E-state index contributed by atoms with van der Waals surface area (Å²) >= 11 is 0. The Kier molecular flexibility index (Phi) is 7.32. The van der Waals surface area contributed by atoms with Gasteiger partial charge in [0.2, 0.25) is 5.91 Å². The predicted molar refractivity (Wildman–Crippen MR) is 84.6 cm³/mol. The monoisotopic (exact) mass is 320 g/mol. The third kappa shape index (κ3) is 6.21. The molecule has 0 aliphatic rings. The maximum Gasteiger partial charge on any atom is 0.354 e. The van der Waals surface area contributed by atoms with Crippen molar-refractivity contribution in [3.63, 3.8) is 0 Å². The number of ether oxygens (including phenoxy) is 2. The first-order chi connectivity index (χ1) is 11.0. The van der Waals surface area contributed by atoms with Gasteiger partial charge in [-0.05, 0) is 24.1 Å². The van der Waals surface area contributed by atoms with Gasteiger partial charge in [0, 0.05) is 19.2 Å². The van der Waals surface area contributed by atoms with Crippen molar-refractivity contribution in [2.45, 2.75) is 12.8 Å². The fraction of sp³-hybridized carbons (Fsp3) is 0.312. The second-order valence-electron chi connectivity index (χ2n) is 4.57. The van der Waals surface area contributed by atoms with Crippen molar-refractivity contribution in [3.05, 3.63) is 41.6 Å². The molecule has 1 amide bonds. The standard InChI is InChI=1S/C16H20N2O5/c1-17-14(19)9-6-11-4-7-12(8-5-11)18-13(16(21)23-3)10-15(20)22-2/h4-5,7-8,10,18H,6,9H2,1-3H3,(H,17,19)/b13-10+. The number of methoxy groups -OCH3 is 2. The number of rotatable bonds is 7. The summed E-state index contributed by atoms with van der Waals surface area (Å²) in [5.74, 6) is -1.37. The first-order valence-corrected chi connectivity index (χ1v) is 6.94. The van der Waals surface area contributed by atoms with Gasteiger partial charge < -0.3 is 20.1 Å². The third-order valence-electron chi connectivity index (χ3n) is 3.02. The summed E-state index contributed by atoms with van der Waals surface area (Å²) in [6, 6.07) is 7.15. The van der Waals surface area contributed by atoms with Crippen molar-refractivity contribution in [1.29, 1.82) is 0 Å². The largest absolute Gasteiger partial charge is 0.466 e. The first kappa shape index (κ1) is 18.2. The molecule has 0 aromatic heterocycles. The summed E-state index contributed by atoms with van der Waals surface area (Å²) in [7, 11) is 4.03. The Morgan fingerprint density at radius 3 is 2.26 bits per heavy atom. The van der Waals surface area contributed by atoms with Crippen LogP contribution in [0.15, 0.2) is 36.0 Å². The van der Waals surface area contributed by atoms with Crippen molar-refractivity contribution in [2.75, 3.05) is 26.6 Å². The molecular weight excluding hydrogens is 300 g/mol. The lowest BCUT2D eigenvalue weighted by Gasteiger charge is -2.09. The summed E-state index contributed by atoms with van der Waals surface area (Å²) in [6.07, 6.45) is 2.03. The van der Waals surface area contributed by atoms with Crippen molar-refractivity contribution < 1.29 is 23.9 Å². The lowest BCUT2D eigenvalue weighted by molar-refractivity contribution is -0.138. The minimum Gasteiger partial charge on any atom is -0.466 e. The van der Waals surface area contributed by atoms with Crippen molar-refractivity contribution >= 4 is 23.5 Å². The fourth-order valence-corrected chi connectivity index (χ4v) is 1.73. The van der Waals surface area contributed by atoms with Crippen LogP contribution in [0.25, 0.3) is 0 Å². The Labute approximate surface area is 134 Å². The number of hydrogen-bond donors (Lipinski definition) is 2. The normalized spacial score (nSPS) is 10.7. The van der Waals surface area contributed by atoms with E-state index in [9.17, 15) is 14.4 Å². The first-order valence-electron chi connectivity index (χ1n) is 6.94. The van der Waals surface area contributed by atoms with E-state index in [1.807, 2.05) is 12.1 Å². The SMILES string of the molecule is CNC(=O)CCc1ccc(N/C(=C/C(=O)OC)C(=O)OC)cc1. The molecule has 7 heteroatoms. The molecule has 124 valence electrons. The molecule has 0 bridgehead atoms. The summed E-state index contributed by atoms with van der Waals surface area (Å²) in [5, 5.41) is 5.37. The zero-order chi connectivity index (χ0) is 17.2. The van der Waals surface area contributed by atoms with Gasteiger partial charge in [0.15, 0.2) is 0 Å². The molecule has 0 heterocycles. The van der Waals surface area contributed by atoms with E-state index in [-0.39, 0.29) is 11.6 Å². The lowest BCUT2D eigenvalue weighted by atomic mass is 10.1. The molecule has 1 aromatic rings. The number of anilines is 1. The number of nitrogens with one attached hydrogen (secondary N) is 2. The maximum absolute atomic E-state index is 11.6. The van der Waals surface area contributed by atoms with E-state index < -0.39 is 11.9 Å². The Bertz CT molecular complexity index is 593. The van der Waals surface area contributed by atoms with Gasteiger partial charge in [0.05, 0.1) is 20.3 Å². The summed E-state index contributed by atoms with van der Waals surface area (Å²) in [5.41, 5.74) is 1.56. The highest BCUT2D eigenvalue weighted by atomic mass is 16.5. The van der Waals surface area contributed by atoms with E-state index in [1.165, 1.54) is 14.2 Å². The van der Waals surface area contributed by atoms with Crippen LogP contribution in [0.3, 0.4) is 0 Å². The fourth-order valence-electron chi connectivity index (χ4n) is 1.73. The quantitative estimate of drug-likeness (QED) is 0.575. The van der Waals surface area contributed by atoms with Gasteiger partial charge in [-0.2, -0.15) is 0 Å². The van der Waals surface area contributed by atoms with Crippen LogP contribution >= 0.6 is 0 Å². The third-order valence-corrected chi connectivity index (χ3v) is 3.02. The molecule has 1 rings (SSSR count). The number of carbonyl (C=O) groups excluding carboxylic acids is 3. The van der Waals surface area contributed by atoms with Gasteiger partial charge in [0.25, 0.3) is 0 Å². The van der Waals surface area contributed by atoms with E-state index in [2.05, 4.69) is 20.1 Å². The highest BCUT2D eigenvalue weighted by Crippen LogP contribution is 2.14. The van der Waals surface area contributed by atoms with Crippen molar-refractivity contribution in [3.8, 4) is 0 Å². The Morgan fingerprint density at radius 1 is 1.09 bits per heavy atom. The van der Waals surface area contributed by atoms with E-state index in [0.29, 0.717) is 18.5 Å². The van der Waals surface area contributed by atoms with Gasteiger partial charge in [-0.15, -0.1) is 0 Å². The predicted octanol–water partition coefficient (Wildman–Crippen LogP) is 1.01. The molecule has 7 nitrogen and oxygen atoms in total. The van der Waals surface area contributed by atoms with E-state index in [0.717, 1.165) is 11.6 Å². The maximum atomic E-state index is 11.6. The van der Waals surface area contributed by atoms with Crippen LogP contribution in [-0.2, 0) is 30.3 Å². The number of carbonyl (C=O) groups is 3. The van der Waals surface area contributed by atoms with Gasteiger partial charge in [0.1, 0.15) is 5.70 Å². The van der Waals surface area contributed by atoms with Crippen LogP contribution in [0.5, 0.6) is 0 Å². The number of amides is 1. The van der Waals surface area contributed by atoms with Gasteiger partial charge in [-0.3, -0.25) is 4.79 Å². The minimum absolute atomic E-state index is 0.0267. The van der Waals surface area contributed by atoms with Crippen LogP contribution in [0.2, 0.25) is 0 Å². The van der Waals surface area contributed by atoms with Gasteiger partial charge >= 0.3 is 11.9 Å². The van der Waals surface area contributed by atoms with Crippen LogP contribution in [0.4, 0.5) is 5.69 Å². The number of aryl methyl sites for hydroxylation is 1. The number of esters is 2. The molecular formula is C16H20N2O5. The summed E-state index contributed by atoms with van der Waals surface area (Å²) in [4.78, 5) is 34.1. The second-order valence-corrected chi connectivity index (χ2v) is 4.57. The van der Waals surface area contributed by atoms with Crippen LogP contribution in [-0.4, -0.2) is 39.1 Å².